The maximum Gasteiger partial charge on any atom is 0.183 e. The van der Waals surface area contributed by atoms with Gasteiger partial charge in [0.15, 0.2) is 11.5 Å². The lowest BCUT2D eigenvalue weighted by Crippen LogP contribution is -1.97. The standard InChI is InChI=1S/C12H12N6O/c13-7-1-3-8(4-2-7)19-5-9-17-10-11(14)15-6-16-12(10)18-9/h1-4,6H,5,13H2,(H3,14,15,16,17,18). The van der Waals surface area contributed by atoms with E-state index in [1.165, 1.54) is 6.33 Å². The Bertz CT molecular complexity index is 706. The van der Waals surface area contributed by atoms with Crippen molar-refractivity contribution in [1.29, 1.82) is 0 Å². The van der Waals surface area contributed by atoms with Gasteiger partial charge in [0.2, 0.25) is 0 Å². The fourth-order valence-electron chi connectivity index (χ4n) is 1.68. The summed E-state index contributed by atoms with van der Waals surface area (Å²) in [5.41, 5.74) is 13.2. The third-order valence-electron chi connectivity index (χ3n) is 2.62. The number of nitrogens with zero attached hydrogens (tertiary/aromatic N) is 3. The van der Waals surface area contributed by atoms with Gasteiger partial charge >= 0.3 is 0 Å². The number of nitrogen functional groups attached to an aromatic ring is 2. The molecule has 96 valence electrons. The third kappa shape index (κ3) is 2.25. The van der Waals surface area contributed by atoms with Gasteiger partial charge < -0.3 is 21.2 Å². The van der Waals surface area contributed by atoms with Crippen molar-refractivity contribution in [2.45, 2.75) is 6.61 Å². The van der Waals surface area contributed by atoms with E-state index in [0.29, 0.717) is 40.8 Å². The van der Waals surface area contributed by atoms with Crippen molar-refractivity contribution in [3.8, 4) is 5.75 Å². The van der Waals surface area contributed by atoms with E-state index in [-0.39, 0.29) is 0 Å². The largest absolute Gasteiger partial charge is 0.486 e. The van der Waals surface area contributed by atoms with Crippen molar-refractivity contribution in [2.24, 2.45) is 0 Å². The number of H-pyrrole nitrogens is 1. The molecule has 0 saturated carbocycles. The first-order valence-electron chi connectivity index (χ1n) is 5.66. The number of anilines is 2. The Balaban J connectivity index is 1.78. The Hall–Kier alpha value is -2.83. The van der Waals surface area contributed by atoms with Gasteiger partial charge in [-0.05, 0) is 24.3 Å². The lowest BCUT2D eigenvalue weighted by atomic mass is 10.3. The predicted octanol–water partition coefficient (Wildman–Crippen LogP) is 1.10. The minimum absolute atomic E-state index is 0.291. The molecule has 7 heteroatoms. The minimum Gasteiger partial charge on any atom is -0.486 e. The maximum atomic E-state index is 5.72. The molecular formula is C12H12N6O. The quantitative estimate of drug-likeness (QED) is 0.604. The van der Waals surface area contributed by atoms with Crippen LogP contribution in [0.4, 0.5) is 11.5 Å². The number of rotatable bonds is 3. The number of hydrogen-bond donors (Lipinski definition) is 3. The summed E-state index contributed by atoms with van der Waals surface area (Å²) in [6, 6.07) is 7.15. The minimum atomic E-state index is 0.291. The van der Waals surface area contributed by atoms with E-state index < -0.39 is 0 Å². The summed E-state index contributed by atoms with van der Waals surface area (Å²) in [5.74, 6) is 1.73. The molecule has 0 saturated heterocycles. The van der Waals surface area contributed by atoms with Crippen LogP contribution in [-0.2, 0) is 6.61 Å². The smallest absolute Gasteiger partial charge is 0.183 e. The molecule has 0 spiro atoms. The molecule has 0 atom stereocenters. The van der Waals surface area contributed by atoms with Crippen molar-refractivity contribution in [1.82, 2.24) is 19.9 Å². The number of hydrogen-bond acceptors (Lipinski definition) is 6. The van der Waals surface area contributed by atoms with Crippen molar-refractivity contribution < 1.29 is 4.74 Å². The molecule has 3 rings (SSSR count). The van der Waals surface area contributed by atoms with Gasteiger partial charge in [-0.25, -0.2) is 15.0 Å². The average molecular weight is 256 g/mol. The maximum absolute atomic E-state index is 5.72. The lowest BCUT2D eigenvalue weighted by molar-refractivity contribution is 0.297. The van der Waals surface area contributed by atoms with Crippen LogP contribution in [-0.4, -0.2) is 19.9 Å². The van der Waals surface area contributed by atoms with Crippen LogP contribution in [0.3, 0.4) is 0 Å². The fraction of sp³-hybridized carbons (Fsp3) is 0.0833. The zero-order valence-corrected chi connectivity index (χ0v) is 10.00. The number of aromatic nitrogens is 4. The number of nitrogens with two attached hydrogens (primary N) is 2. The molecule has 0 radical (unpaired) electrons. The summed E-state index contributed by atoms with van der Waals surface area (Å²) in [7, 11) is 0. The Morgan fingerprint density at radius 2 is 1.89 bits per heavy atom. The molecule has 0 aliphatic heterocycles. The molecule has 5 N–H and O–H groups in total. The summed E-state index contributed by atoms with van der Waals surface area (Å²) in [4.78, 5) is 15.2. The van der Waals surface area contributed by atoms with Crippen LogP contribution in [0.2, 0.25) is 0 Å². The SMILES string of the molecule is Nc1ccc(OCc2nc3ncnc(N)c3[nH]2)cc1. The van der Waals surface area contributed by atoms with Crippen LogP contribution in [0.25, 0.3) is 11.2 Å². The van der Waals surface area contributed by atoms with Crippen LogP contribution in [0, 0.1) is 0 Å². The number of ether oxygens (including phenoxy) is 1. The molecule has 7 nitrogen and oxygen atoms in total. The van der Waals surface area contributed by atoms with Crippen LogP contribution in [0.15, 0.2) is 30.6 Å². The second-order valence-corrected chi connectivity index (χ2v) is 4.00. The highest BCUT2D eigenvalue weighted by Gasteiger charge is 2.07. The van der Waals surface area contributed by atoms with E-state index in [1.54, 1.807) is 24.3 Å². The van der Waals surface area contributed by atoms with E-state index in [1.807, 2.05) is 0 Å². The zero-order valence-electron chi connectivity index (χ0n) is 10.00. The molecule has 0 aliphatic rings. The average Bonchev–Trinajstić information content (AvgIpc) is 2.83. The van der Waals surface area contributed by atoms with Crippen LogP contribution < -0.4 is 16.2 Å². The number of nitrogens with one attached hydrogen (secondary N) is 1. The molecule has 2 heterocycles. The fourth-order valence-corrected chi connectivity index (χ4v) is 1.68. The molecule has 2 aromatic heterocycles. The van der Waals surface area contributed by atoms with Gasteiger partial charge in [-0.2, -0.15) is 0 Å². The highest BCUT2D eigenvalue weighted by Crippen LogP contribution is 2.16. The Morgan fingerprint density at radius 3 is 2.63 bits per heavy atom. The van der Waals surface area contributed by atoms with Gasteiger partial charge in [-0.1, -0.05) is 0 Å². The van der Waals surface area contributed by atoms with Gasteiger partial charge in [0.1, 0.15) is 30.0 Å². The highest BCUT2D eigenvalue weighted by molar-refractivity contribution is 5.80. The first-order valence-corrected chi connectivity index (χ1v) is 5.66. The first-order chi connectivity index (χ1) is 9.22. The van der Waals surface area contributed by atoms with Gasteiger partial charge in [-0.3, -0.25) is 0 Å². The Morgan fingerprint density at radius 1 is 1.11 bits per heavy atom. The number of benzene rings is 1. The molecule has 1 aromatic carbocycles. The molecule has 19 heavy (non-hydrogen) atoms. The van der Waals surface area contributed by atoms with Gasteiger partial charge in [0.25, 0.3) is 0 Å². The van der Waals surface area contributed by atoms with Crippen molar-refractivity contribution in [2.75, 3.05) is 11.5 Å². The predicted molar refractivity (Wildman–Crippen MR) is 71.3 cm³/mol. The summed E-state index contributed by atoms with van der Waals surface area (Å²) >= 11 is 0. The summed E-state index contributed by atoms with van der Waals surface area (Å²) < 4.78 is 5.58. The van der Waals surface area contributed by atoms with Gasteiger partial charge in [0.05, 0.1) is 0 Å². The van der Waals surface area contributed by atoms with Crippen LogP contribution in [0.5, 0.6) is 5.75 Å². The molecule has 0 aliphatic carbocycles. The van der Waals surface area contributed by atoms with E-state index in [2.05, 4.69) is 19.9 Å². The Labute approximate surface area is 108 Å². The van der Waals surface area contributed by atoms with Crippen molar-refractivity contribution >= 4 is 22.7 Å². The van der Waals surface area contributed by atoms with Crippen molar-refractivity contribution in [3.05, 3.63) is 36.4 Å². The first kappa shape index (κ1) is 11.3. The molecule has 0 amide bonds. The van der Waals surface area contributed by atoms with E-state index >= 15 is 0 Å². The zero-order chi connectivity index (χ0) is 13.2. The van der Waals surface area contributed by atoms with Gasteiger partial charge in [-0.15, -0.1) is 0 Å². The number of imidazole rings is 1. The number of fused-ring (bicyclic) bond motifs is 1. The van der Waals surface area contributed by atoms with Crippen molar-refractivity contribution in [3.63, 3.8) is 0 Å². The van der Waals surface area contributed by atoms with Gasteiger partial charge in [0, 0.05) is 5.69 Å². The summed E-state index contributed by atoms with van der Waals surface area (Å²) in [5, 5.41) is 0. The lowest BCUT2D eigenvalue weighted by Gasteiger charge is -2.03. The topological polar surface area (TPSA) is 116 Å². The van der Waals surface area contributed by atoms with E-state index in [0.717, 1.165) is 0 Å². The van der Waals surface area contributed by atoms with E-state index in [4.69, 9.17) is 16.2 Å². The summed E-state index contributed by atoms with van der Waals surface area (Å²) in [6.07, 6.45) is 1.38. The Kier molecular flexibility index (Phi) is 2.64. The molecule has 0 unspecified atom stereocenters. The molecule has 0 fully saturated rings. The number of aromatic amines is 1. The second-order valence-electron chi connectivity index (χ2n) is 4.00. The second kappa shape index (κ2) is 4.45. The summed E-state index contributed by atoms with van der Waals surface area (Å²) in [6.45, 7) is 0.291. The normalized spacial score (nSPS) is 10.7. The van der Waals surface area contributed by atoms with Crippen LogP contribution in [0.1, 0.15) is 5.82 Å². The van der Waals surface area contributed by atoms with E-state index in [9.17, 15) is 0 Å². The molecule has 3 aromatic rings. The monoisotopic (exact) mass is 256 g/mol. The molecule has 0 bridgehead atoms. The van der Waals surface area contributed by atoms with Crippen LogP contribution >= 0.6 is 0 Å². The highest BCUT2D eigenvalue weighted by atomic mass is 16.5. The third-order valence-corrected chi connectivity index (χ3v) is 2.62. The molecular weight excluding hydrogens is 244 g/mol.